The van der Waals surface area contributed by atoms with Gasteiger partial charge < -0.3 is 0 Å². The number of halogens is 1. The van der Waals surface area contributed by atoms with Crippen molar-refractivity contribution in [3.8, 4) is 0 Å². The molecule has 0 spiro atoms. The van der Waals surface area contributed by atoms with Gasteiger partial charge in [0.25, 0.3) is 0 Å². The van der Waals surface area contributed by atoms with E-state index in [1.165, 1.54) is 0 Å². The minimum absolute atomic E-state index is 0. The topological polar surface area (TPSA) is 12.9 Å². The maximum absolute atomic E-state index is 3.81. The Hall–Kier alpha value is 0.219. The summed E-state index contributed by atoms with van der Waals surface area (Å²) in [5.74, 6) is 0. The summed E-state index contributed by atoms with van der Waals surface area (Å²) in [6.07, 6.45) is 1.83. The molecule has 0 N–H and O–H groups in total. The molecule has 0 bridgehead atoms. The van der Waals surface area contributed by atoms with Gasteiger partial charge in [0.1, 0.15) is 0 Å². The Morgan fingerprint density at radius 2 is 2.33 bits per heavy atom. The van der Waals surface area contributed by atoms with Crippen LogP contribution in [0.25, 0.3) is 0 Å². The van der Waals surface area contributed by atoms with Gasteiger partial charge in [-0.15, -0.1) is 12.4 Å². The van der Waals surface area contributed by atoms with Gasteiger partial charge in [-0.05, 0) is 0 Å². The van der Waals surface area contributed by atoms with Gasteiger partial charge in [0.05, 0.1) is 0 Å². The molecule has 1 aromatic rings. The van der Waals surface area contributed by atoms with Crippen LogP contribution in [0.1, 0.15) is 0 Å². The SMILES string of the molecule is Cl.c1c[se]cn1. The van der Waals surface area contributed by atoms with Crippen LogP contribution in [0.15, 0.2) is 16.2 Å². The molecular weight excluding hydrogens is 164 g/mol. The molecule has 6 heavy (non-hydrogen) atoms. The number of rotatable bonds is 0. The third-order valence-electron chi connectivity index (χ3n) is 0.347. The molecule has 0 saturated carbocycles. The molecule has 0 aromatic carbocycles. The third-order valence-corrected chi connectivity index (χ3v) is 1.44. The minimum atomic E-state index is 0. The van der Waals surface area contributed by atoms with Crippen molar-refractivity contribution >= 4 is 26.9 Å². The molecule has 0 unspecified atom stereocenters. The summed E-state index contributed by atoms with van der Waals surface area (Å²) in [5, 5.41) is 1.94. The molecule has 0 aliphatic carbocycles. The monoisotopic (exact) mass is 169 g/mol. The summed E-state index contributed by atoms with van der Waals surface area (Å²) in [4.78, 5) is 5.88. The van der Waals surface area contributed by atoms with E-state index in [0.29, 0.717) is 14.5 Å². The van der Waals surface area contributed by atoms with Crippen LogP contribution in [-0.4, -0.2) is 19.5 Å². The Bertz CT molecular complexity index is 67.3. The molecule has 0 saturated heterocycles. The first-order chi connectivity index (χ1) is 2.50. The molecule has 1 nitrogen and oxygen atoms in total. The maximum atomic E-state index is 3.81. The second-order valence-corrected chi connectivity index (χ2v) is 2.26. The molecule has 0 aliphatic rings. The van der Waals surface area contributed by atoms with Gasteiger partial charge in [0, 0.05) is 0 Å². The molecule has 0 amide bonds. The van der Waals surface area contributed by atoms with E-state index < -0.39 is 0 Å². The zero-order chi connectivity index (χ0) is 3.54. The van der Waals surface area contributed by atoms with E-state index in [4.69, 9.17) is 0 Å². The first-order valence-corrected chi connectivity index (χ1v) is 3.30. The second kappa shape index (κ2) is 3.41. The Kier molecular flexibility index (Phi) is 3.54. The summed E-state index contributed by atoms with van der Waals surface area (Å²) < 4.78 is 0. The van der Waals surface area contributed by atoms with Crippen molar-refractivity contribution in [2.24, 2.45) is 0 Å². The zero-order valence-corrected chi connectivity index (χ0v) is 5.53. The van der Waals surface area contributed by atoms with Crippen LogP contribution >= 0.6 is 12.4 Å². The van der Waals surface area contributed by atoms with Crippen LogP contribution in [-0.2, 0) is 0 Å². The van der Waals surface area contributed by atoms with Crippen molar-refractivity contribution in [1.29, 1.82) is 0 Å². The van der Waals surface area contributed by atoms with Gasteiger partial charge in [-0.2, -0.15) is 0 Å². The molecule has 1 heterocycles. The van der Waals surface area contributed by atoms with E-state index in [-0.39, 0.29) is 12.4 Å². The number of aromatic nitrogens is 1. The van der Waals surface area contributed by atoms with Gasteiger partial charge in [-0.1, -0.05) is 0 Å². The van der Waals surface area contributed by atoms with Gasteiger partial charge in [0.15, 0.2) is 0 Å². The fourth-order valence-corrected chi connectivity index (χ4v) is 0.913. The van der Waals surface area contributed by atoms with Crippen molar-refractivity contribution in [2.45, 2.75) is 0 Å². The molecule has 0 atom stereocenters. The first-order valence-electron chi connectivity index (χ1n) is 1.32. The Morgan fingerprint density at radius 3 is 2.50 bits per heavy atom. The average molecular weight is 168 g/mol. The fourth-order valence-electron chi connectivity index (χ4n) is 0.176. The Morgan fingerprint density at radius 1 is 1.50 bits per heavy atom. The molecule has 0 radical (unpaired) electrons. The molecule has 34 valence electrons. The van der Waals surface area contributed by atoms with E-state index in [2.05, 4.69) is 9.92 Å². The van der Waals surface area contributed by atoms with E-state index in [1.807, 2.05) is 11.3 Å². The first kappa shape index (κ1) is 6.22. The zero-order valence-electron chi connectivity index (χ0n) is 3.00. The third kappa shape index (κ3) is 1.61. The normalized spacial score (nSPS) is 6.67. The van der Waals surface area contributed by atoms with E-state index in [0.717, 1.165) is 0 Å². The summed E-state index contributed by atoms with van der Waals surface area (Å²) in [5.41, 5.74) is 0. The Balaban J connectivity index is 0.000000250. The second-order valence-electron chi connectivity index (χ2n) is 0.676. The predicted octanol–water partition coefficient (Wildman–Crippen LogP) is 0.560. The molecule has 0 aliphatic heterocycles. The van der Waals surface area contributed by atoms with Gasteiger partial charge >= 0.3 is 35.7 Å². The number of hydrogen-bond acceptors (Lipinski definition) is 1. The number of hydrogen-bond donors (Lipinski definition) is 0. The fraction of sp³-hybridized carbons (Fsp3) is 0. The van der Waals surface area contributed by atoms with Crippen LogP contribution in [0.3, 0.4) is 0 Å². The van der Waals surface area contributed by atoms with Crippen LogP contribution in [0.4, 0.5) is 0 Å². The van der Waals surface area contributed by atoms with Crippen LogP contribution in [0, 0.1) is 0 Å². The van der Waals surface area contributed by atoms with Crippen LogP contribution in [0.2, 0.25) is 0 Å². The standard InChI is InChI=1S/C3H3NSe.ClH/c1-2-5-3-4-1;/h1-3H;1H. The van der Waals surface area contributed by atoms with E-state index in [1.54, 1.807) is 0 Å². The van der Waals surface area contributed by atoms with Crippen LogP contribution in [0.5, 0.6) is 0 Å². The molecule has 0 fully saturated rings. The molecule has 1 rings (SSSR count). The molecular formula is C3H4ClNSe. The van der Waals surface area contributed by atoms with Crippen molar-refractivity contribution in [3.63, 3.8) is 0 Å². The summed E-state index contributed by atoms with van der Waals surface area (Å²) in [6.45, 7) is 0. The van der Waals surface area contributed by atoms with Gasteiger partial charge in [0.2, 0.25) is 0 Å². The number of nitrogens with zero attached hydrogens (tertiary/aromatic N) is 1. The van der Waals surface area contributed by atoms with Crippen molar-refractivity contribution in [3.05, 3.63) is 16.2 Å². The quantitative estimate of drug-likeness (QED) is 0.516. The van der Waals surface area contributed by atoms with Crippen molar-refractivity contribution < 1.29 is 0 Å². The summed E-state index contributed by atoms with van der Waals surface area (Å²) in [7, 11) is 0. The van der Waals surface area contributed by atoms with E-state index in [9.17, 15) is 0 Å². The van der Waals surface area contributed by atoms with Crippen molar-refractivity contribution in [1.82, 2.24) is 4.98 Å². The van der Waals surface area contributed by atoms with E-state index >= 15 is 0 Å². The summed E-state index contributed by atoms with van der Waals surface area (Å²) in [6, 6.07) is 0. The molecule has 1 aromatic heterocycles. The van der Waals surface area contributed by atoms with Crippen molar-refractivity contribution in [2.75, 3.05) is 0 Å². The summed E-state index contributed by atoms with van der Waals surface area (Å²) >= 11 is 0.597. The predicted molar refractivity (Wildman–Crippen MR) is 28.4 cm³/mol. The van der Waals surface area contributed by atoms with Crippen LogP contribution < -0.4 is 0 Å². The Labute approximate surface area is 48.6 Å². The molecule has 3 heteroatoms. The average Bonchev–Trinajstić information content (AvgIpc) is 1.76. The van der Waals surface area contributed by atoms with Gasteiger partial charge in [-0.25, -0.2) is 0 Å². The van der Waals surface area contributed by atoms with Gasteiger partial charge in [-0.3, -0.25) is 0 Å².